The van der Waals surface area contributed by atoms with E-state index in [9.17, 15) is 0 Å². The number of nitrogens with two attached hydrogens (primary N) is 1. The average Bonchev–Trinajstić information content (AvgIpc) is 2.27. The minimum Gasteiger partial charge on any atom is -0.369 e. The predicted molar refractivity (Wildman–Crippen MR) is 59.5 cm³/mol. The minimum atomic E-state index is 0.356. The molecule has 1 aliphatic rings. The molecule has 1 aromatic rings. The zero-order chi connectivity index (χ0) is 10.8. The van der Waals surface area contributed by atoms with Crippen LogP contribution in [0.1, 0.15) is 25.2 Å². The lowest BCUT2D eigenvalue weighted by Gasteiger charge is -2.16. The molecule has 0 fully saturated rings. The lowest BCUT2D eigenvalue weighted by molar-refractivity contribution is 0.964. The fourth-order valence-electron chi connectivity index (χ4n) is 1.40. The van der Waals surface area contributed by atoms with E-state index in [1.54, 1.807) is 6.20 Å². The molecule has 0 aliphatic carbocycles. The second kappa shape index (κ2) is 3.68. The van der Waals surface area contributed by atoms with Gasteiger partial charge in [-0.1, -0.05) is 13.0 Å². The van der Waals surface area contributed by atoms with E-state index < -0.39 is 0 Å². The van der Waals surface area contributed by atoms with Crippen LogP contribution in [-0.4, -0.2) is 15.9 Å². The van der Waals surface area contributed by atoms with Crippen molar-refractivity contribution in [3.8, 4) is 0 Å². The molecule has 0 atom stereocenters. The lowest BCUT2D eigenvalue weighted by Crippen LogP contribution is -2.33. The Morgan fingerprint density at radius 3 is 3.00 bits per heavy atom. The number of rotatable bonds is 1. The normalized spacial score (nSPS) is 16.9. The van der Waals surface area contributed by atoms with Gasteiger partial charge in [-0.3, -0.25) is 0 Å². The number of fused-ring (bicyclic) bond motifs is 1. The number of allylic oxidation sites excluding steroid dienone is 1. The second-order valence-corrected chi connectivity index (χ2v) is 3.21. The third kappa shape index (κ3) is 1.68. The Hall–Kier alpha value is -1.91. The van der Waals surface area contributed by atoms with Gasteiger partial charge in [0.15, 0.2) is 11.8 Å². The van der Waals surface area contributed by atoms with Gasteiger partial charge in [0.25, 0.3) is 0 Å². The standard InChI is InChI=1S/C10H13N5/c1-3-6-5-12-9-8(13-6)7(4-2)14-10(11)15-9/h4-5H,3H2,1-2H3,(H3,11,12,14,15)/b7-4-. The van der Waals surface area contributed by atoms with Crippen LogP contribution >= 0.6 is 0 Å². The van der Waals surface area contributed by atoms with Gasteiger partial charge in [-0.15, -0.1) is 0 Å². The van der Waals surface area contributed by atoms with Gasteiger partial charge in [0.2, 0.25) is 0 Å². The Balaban J connectivity index is 2.58. The summed E-state index contributed by atoms with van der Waals surface area (Å²) in [6.07, 6.45) is 4.50. The number of aryl methyl sites for hydroxylation is 1. The maximum absolute atomic E-state index is 5.62. The Bertz CT molecular complexity index is 447. The highest BCUT2D eigenvalue weighted by molar-refractivity contribution is 5.94. The van der Waals surface area contributed by atoms with E-state index >= 15 is 0 Å². The SMILES string of the molecule is C/C=C1\NC(N)=Nc2ncc(CC)nc21. The molecule has 5 heteroatoms. The molecule has 0 unspecified atom stereocenters. The summed E-state index contributed by atoms with van der Waals surface area (Å²) >= 11 is 0. The Morgan fingerprint density at radius 2 is 2.33 bits per heavy atom. The number of nitrogens with zero attached hydrogens (tertiary/aromatic N) is 3. The molecule has 0 amide bonds. The fourth-order valence-corrected chi connectivity index (χ4v) is 1.40. The van der Waals surface area contributed by atoms with Crippen LogP contribution in [-0.2, 0) is 6.42 Å². The van der Waals surface area contributed by atoms with Crippen molar-refractivity contribution in [2.45, 2.75) is 20.3 Å². The molecule has 0 radical (unpaired) electrons. The number of hydrogen-bond acceptors (Lipinski definition) is 5. The summed E-state index contributed by atoms with van der Waals surface area (Å²) in [5, 5.41) is 2.96. The molecule has 3 N–H and O–H groups in total. The van der Waals surface area contributed by atoms with E-state index in [1.807, 2.05) is 19.9 Å². The van der Waals surface area contributed by atoms with Crippen molar-refractivity contribution in [2.75, 3.05) is 0 Å². The summed E-state index contributed by atoms with van der Waals surface area (Å²) in [7, 11) is 0. The molecular formula is C10H13N5. The molecular weight excluding hydrogens is 190 g/mol. The van der Waals surface area contributed by atoms with Crippen molar-refractivity contribution >= 4 is 17.5 Å². The number of aliphatic imine (C=N–C) groups is 1. The number of hydrogen-bond donors (Lipinski definition) is 2. The first-order valence-electron chi connectivity index (χ1n) is 4.88. The molecule has 0 saturated heterocycles. The maximum atomic E-state index is 5.62. The Morgan fingerprint density at radius 1 is 1.53 bits per heavy atom. The molecule has 0 aromatic carbocycles. The van der Waals surface area contributed by atoms with E-state index in [0.717, 1.165) is 23.5 Å². The molecule has 0 spiro atoms. The monoisotopic (exact) mass is 203 g/mol. The van der Waals surface area contributed by atoms with Crippen LogP contribution in [0.25, 0.3) is 5.70 Å². The third-order valence-electron chi connectivity index (χ3n) is 2.20. The fraction of sp³-hybridized carbons (Fsp3) is 0.300. The van der Waals surface area contributed by atoms with Crippen LogP contribution in [0.2, 0.25) is 0 Å². The summed E-state index contributed by atoms with van der Waals surface area (Å²) in [5.74, 6) is 0.936. The van der Waals surface area contributed by atoms with Crippen molar-refractivity contribution < 1.29 is 0 Å². The van der Waals surface area contributed by atoms with Crippen LogP contribution in [0.3, 0.4) is 0 Å². The third-order valence-corrected chi connectivity index (χ3v) is 2.20. The molecule has 5 nitrogen and oxygen atoms in total. The van der Waals surface area contributed by atoms with E-state index in [0.29, 0.717) is 11.8 Å². The van der Waals surface area contributed by atoms with Crippen LogP contribution in [0, 0.1) is 0 Å². The maximum Gasteiger partial charge on any atom is 0.199 e. The Labute approximate surface area is 88.1 Å². The van der Waals surface area contributed by atoms with Crippen LogP contribution < -0.4 is 11.1 Å². The molecule has 2 heterocycles. The summed E-state index contributed by atoms with van der Waals surface area (Å²) in [5.41, 5.74) is 8.20. The first kappa shape index (κ1) is 9.64. The Kier molecular flexibility index (Phi) is 2.37. The lowest BCUT2D eigenvalue weighted by atomic mass is 10.2. The quantitative estimate of drug-likeness (QED) is 0.712. The van der Waals surface area contributed by atoms with Crippen molar-refractivity contribution in [3.05, 3.63) is 23.7 Å². The molecule has 0 saturated carbocycles. The van der Waals surface area contributed by atoms with Gasteiger partial charge >= 0.3 is 0 Å². The smallest absolute Gasteiger partial charge is 0.199 e. The van der Waals surface area contributed by atoms with Crippen molar-refractivity contribution in [1.29, 1.82) is 0 Å². The number of aromatic nitrogens is 2. The highest BCUT2D eigenvalue weighted by atomic mass is 15.2. The molecule has 1 aliphatic heterocycles. The van der Waals surface area contributed by atoms with Gasteiger partial charge in [-0.2, -0.15) is 4.99 Å². The average molecular weight is 203 g/mol. The van der Waals surface area contributed by atoms with Gasteiger partial charge in [0, 0.05) is 0 Å². The van der Waals surface area contributed by atoms with Gasteiger partial charge in [0.05, 0.1) is 17.6 Å². The highest BCUT2D eigenvalue weighted by Crippen LogP contribution is 2.23. The molecule has 78 valence electrons. The van der Waals surface area contributed by atoms with Gasteiger partial charge < -0.3 is 11.1 Å². The van der Waals surface area contributed by atoms with Crippen LogP contribution in [0.5, 0.6) is 0 Å². The summed E-state index contributed by atoms with van der Waals surface area (Å²) in [4.78, 5) is 12.8. The highest BCUT2D eigenvalue weighted by Gasteiger charge is 2.16. The van der Waals surface area contributed by atoms with Crippen LogP contribution in [0.4, 0.5) is 5.82 Å². The van der Waals surface area contributed by atoms with Crippen molar-refractivity contribution in [3.63, 3.8) is 0 Å². The first-order valence-corrected chi connectivity index (χ1v) is 4.88. The van der Waals surface area contributed by atoms with Gasteiger partial charge in [0.1, 0.15) is 5.69 Å². The van der Waals surface area contributed by atoms with E-state index in [1.165, 1.54) is 0 Å². The summed E-state index contributed by atoms with van der Waals surface area (Å²) in [6.45, 7) is 3.96. The number of nitrogens with one attached hydrogen (secondary N) is 1. The van der Waals surface area contributed by atoms with Crippen LogP contribution in [0.15, 0.2) is 17.3 Å². The largest absolute Gasteiger partial charge is 0.369 e. The minimum absolute atomic E-state index is 0.356. The first-order chi connectivity index (χ1) is 7.24. The summed E-state index contributed by atoms with van der Waals surface area (Å²) < 4.78 is 0. The van der Waals surface area contributed by atoms with E-state index in [-0.39, 0.29) is 0 Å². The summed E-state index contributed by atoms with van der Waals surface area (Å²) in [6, 6.07) is 0. The van der Waals surface area contributed by atoms with Gasteiger partial charge in [-0.05, 0) is 13.3 Å². The predicted octanol–water partition coefficient (Wildman–Crippen LogP) is 0.949. The molecule has 2 rings (SSSR count). The van der Waals surface area contributed by atoms with Crippen molar-refractivity contribution in [2.24, 2.45) is 10.7 Å². The molecule has 15 heavy (non-hydrogen) atoms. The molecule has 1 aromatic heterocycles. The van der Waals surface area contributed by atoms with Gasteiger partial charge in [-0.25, -0.2) is 9.97 Å². The van der Waals surface area contributed by atoms with E-state index in [2.05, 4.69) is 20.3 Å². The topological polar surface area (TPSA) is 76.2 Å². The second-order valence-electron chi connectivity index (χ2n) is 3.21. The van der Waals surface area contributed by atoms with E-state index in [4.69, 9.17) is 5.73 Å². The number of guanidine groups is 1. The zero-order valence-corrected chi connectivity index (χ0v) is 8.78. The van der Waals surface area contributed by atoms with Crippen molar-refractivity contribution in [1.82, 2.24) is 15.3 Å². The molecule has 0 bridgehead atoms. The zero-order valence-electron chi connectivity index (χ0n) is 8.78.